The highest BCUT2D eigenvalue weighted by molar-refractivity contribution is 7.85. The number of fused-ring (bicyclic) bond motifs is 16. The largest absolute Gasteiger partial charge is 0.310 e. The lowest BCUT2D eigenvalue weighted by atomic mass is 9.68. The average Bonchev–Trinajstić information content (AvgIpc) is 4.01. The number of hydrogen-bond donors (Lipinski definition) is 0. The summed E-state index contributed by atoms with van der Waals surface area (Å²) in [5, 5.41) is 2.47. The Labute approximate surface area is 398 Å². The number of para-hydroxylation sites is 3. The molecule has 0 saturated heterocycles. The minimum Gasteiger partial charge on any atom is -0.310 e. The molecule has 2 aliphatic carbocycles. The van der Waals surface area contributed by atoms with Crippen molar-refractivity contribution in [2.45, 2.75) is 34.5 Å². The fraction of sp³-hybridized carbons (Fsp3) is 0.0625. The summed E-state index contributed by atoms with van der Waals surface area (Å²) >= 11 is 0. The van der Waals surface area contributed by atoms with Crippen molar-refractivity contribution in [1.82, 2.24) is 4.57 Å². The number of benzene rings is 10. The van der Waals surface area contributed by atoms with Gasteiger partial charge in [-0.15, -0.1) is 0 Å². The predicted octanol–water partition coefficient (Wildman–Crippen LogP) is 16.1. The second-order valence-corrected chi connectivity index (χ2v) is 20.4. The van der Waals surface area contributed by atoms with Crippen LogP contribution in [0.2, 0.25) is 0 Å². The molecule has 0 saturated carbocycles. The summed E-state index contributed by atoms with van der Waals surface area (Å²) in [5.74, 6) is 0. The summed E-state index contributed by atoms with van der Waals surface area (Å²) in [6.45, 7) is 4.73. The van der Waals surface area contributed by atoms with E-state index >= 15 is 0 Å². The molecule has 0 fully saturated rings. The number of nitrogens with zero attached hydrogens (tertiary/aromatic N) is 2. The highest BCUT2D eigenvalue weighted by Gasteiger charge is 2.52. The summed E-state index contributed by atoms with van der Waals surface area (Å²) in [6, 6.07) is 83.2. The highest BCUT2D eigenvalue weighted by Crippen LogP contribution is 2.64. The first-order valence-corrected chi connectivity index (χ1v) is 24.7. The molecule has 1 aromatic heterocycles. The standard InChI is InChI=1S/C64H44N2OS/c1-63(2)55-28-13-15-30-57(55)66(42-17-4-3-5-18-42)59-40-39-58-60(62(59)63)51-22-9-14-29-56(51)65(58)43-33-37-45(38-34-43)68(67)44-35-31-41(32-36-44)46-23-16-24-50-49-21-8-12-27-54(49)64(61(46)50)52-25-10-6-19-47(52)48-20-7-11-26-53(48)64/h3-40H,1-2H3. The highest BCUT2D eigenvalue weighted by atomic mass is 32.2. The zero-order chi connectivity index (χ0) is 45.3. The SMILES string of the molecule is CC1(C)c2ccccc2N(c2ccccc2)c2ccc3c(c21)c1ccccc1n3-c1ccc(S(=O)c2ccc(-c3cccc4c3C3(c5ccccc5-c5ccccc53)c3ccccc3-4)cc2)cc1. The van der Waals surface area contributed by atoms with Gasteiger partial charge in [0.1, 0.15) is 0 Å². The van der Waals surface area contributed by atoms with Crippen LogP contribution in [-0.2, 0) is 21.6 Å². The fourth-order valence-electron chi connectivity index (χ4n) is 12.5. The lowest BCUT2D eigenvalue weighted by Gasteiger charge is -2.42. The lowest BCUT2D eigenvalue weighted by Crippen LogP contribution is -2.30. The van der Waals surface area contributed by atoms with Crippen molar-refractivity contribution in [3.05, 3.63) is 264 Å². The molecular weight excluding hydrogens is 845 g/mol. The molecule has 322 valence electrons. The first-order chi connectivity index (χ1) is 33.4. The Balaban J connectivity index is 0.845. The zero-order valence-corrected chi connectivity index (χ0v) is 38.5. The maximum absolute atomic E-state index is 14.5. The molecule has 10 aromatic carbocycles. The Kier molecular flexibility index (Phi) is 8.33. The van der Waals surface area contributed by atoms with Gasteiger partial charge in [-0.3, -0.25) is 0 Å². The quantitative estimate of drug-likeness (QED) is 0.172. The number of rotatable bonds is 5. The van der Waals surface area contributed by atoms with E-state index in [0.29, 0.717) is 0 Å². The number of anilines is 3. The maximum Gasteiger partial charge on any atom is 0.0849 e. The van der Waals surface area contributed by atoms with Crippen molar-refractivity contribution in [2.75, 3.05) is 4.90 Å². The minimum absolute atomic E-state index is 0.275. The van der Waals surface area contributed by atoms with Crippen LogP contribution in [-0.4, -0.2) is 8.78 Å². The van der Waals surface area contributed by atoms with Crippen LogP contribution in [0.1, 0.15) is 47.2 Å². The van der Waals surface area contributed by atoms with Crippen molar-refractivity contribution in [3.63, 3.8) is 0 Å². The van der Waals surface area contributed by atoms with Crippen LogP contribution in [0.3, 0.4) is 0 Å². The molecule has 1 aliphatic heterocycles. The predicted molar refractivity (Wildman–Crippen MR) is 280 cm³/mol. The summed E-state index contributed by atoms with van der Waals surface area (Å²) in [6.07, 6.45) is 0. The second-order valence-electron chi connectivity index (χ2n) is 18.9. The Hall–Kier alpha value is -8.05. The van der Waals surface area contributed by atoms with Crippen molar-refractivity contribution >= 4 is 49.7 Å². The fourth-order valence-corrected chi connectivity index (χ4v) is 13.5. The van der Waals surface area contributed by atoms with Gasteiger partial charge in [-0.1, -0.05) is 172 Å². The van der Waals surface area contributed by atoms with E-state index in [0.717, 1.165) is 37.8 Å². The topological polar surface area (TPSA) is 25.2 Å². The van der Waals surface area contributed by atoms with Crippen LogP contribution in [0.5, 0.6) is 0 Å². The van der Waals surface area contributed by atoms with Gasteiger partial charge >= 0.3 is 0 Å². The van der Waals surface area contributed by atoms with Crippen molar-refractivity contribution in [3.8, 4) is 39.1 Å². The van der Waals surface area contributed by atoms with Gasteiger partial charge in [0.25, 0.3) is 0 Å². The molecule has 0 bridgehead atoms. The van der Waals surface area contributed by atoms with Crippen LogP contribution >= 0.6 is 0 Å². The molecule has 0 radical (unpaired) electrons. The molecule has 14 rings (SSSR count). The molecule has 1 unspecified atom stereocenters. The van der Waals surface area contributed by atoms with E-state index in [2.05, 4.69) is 242 Å². The van der Waals surface area contributed by atoms with Crippen LogP contribution in [0.4, 0.5) is 17.1 Å². The number of hydrogen-bond acceptors (Lipinski definition) is 2. The normalized spacial score (nSPS) is 14.8. The minimum atomic E-state index is -1.39. The Morgan fingerprint density at radius 3 is 1.59 bits per heavy atom. The van der Waals surface area contributed by atoms with E-state index in [9.17, 15) is 4.21 Å². The van der Waals surface area contributed by atoms with Gasteiger partial charge in [0.15, 0.2) is 0 Å². The molecule has 4 heteroatoms. The van der Waals surface area contributed by atoms with E-state index in [1.54, 1.807) is 0 Å². The molecule has 1 atom stereocenters. The summed E-state index contributed by atoms with van der Waals surface area (Å²) in [7, 11) is -1.39. The Morgan fingerprint density at radius 2 is 0.912 bits per heavy atom. The zero-order valence-electron chi connectivity index (χ0n) is 37.7. The van der Waals surface area contributed by atoms with Gasteiger partial charge in [-0.25, -0.2) is 4.21 Å². The van der Waals surface area contributed by atoms with Crippen LogP contribution < -0.4 is 4.90 Å². The molecule has 0 N–H and O–H groups in total. The van der Waals surface area contributed by atoms with E-state index in [1.807, 2.05) is 12.1 Å². The third kappa shape index (κ3) is 5.21. The van der Waals surface area contributed by atoms with E-state index in [-0.39, 0.29) is 5.41 Å². The molecule has 2 heterocycles. The average molecular weight is 889 g/mol. The van der Waals surface area contributed by atoms with Crippen molar-refractivity contribution < 1.29 is 4.21 Å². The van der Waals surface area contributed by atoms with Crippen LogP contribution in [0.15, 0.2) is 240 Å². The van der Waals surface area contributed by atoms with Crippen LogP contribution in [0, 0.1) is 0 Å². The molecule has 11 aromatic rings. The molecule has 1 spiro atoms. The Morgan fingerprint density at radius 1 is 0.382 bits per heavy atom. The van der Waals surface area contributed by atoms with E-state index in [4.69, 9.17) is 0 Å². The van der Waals surface area contributed by atoms with Gasteiger partial charge < -0.3 is 9.47 Å². The third-order valence-electron chi connectivity index (χ3n) is 15.2. The maximum atomic E-state index is 14.5. The molecule has 3 nitrogen and oxygen atoms in total. The first-order valence-electron chi connectivity index (χ1n) is 23.5. The van der Waals surface area contributed by atoms with Crippen LogP contribution in [0.25, 0.3) is 60.9 Å². The van der Waals surface area contributed by atoms with Gasteiger partial charge in [0.05, 0.1) is 38.6 Å². The van der Waals surface area contributed by atoms with E-state index < -0.39 is 16.2 Å². The molecule has 3 aliphatic rings. The van der Waals surface area contributed by atoms with Gasteiger partial charge in [0.2, 0.25) is 0 Å². The van der Waals surface area contributed by atoms with Gasteiger partial charge in [-0.2, -0.15) is 0 Å². The Bertz CT molecular complexity index is 3840. The summed E-state index contributed by atoms with van der Waals surface area (Å²) in [4.78, 5) is 3.97. The van der Waals surface area contributed by atoms with Crippen molar-refractivity contribution in [1.29, 1.82) is 0 Å². The third-order valence-corrected chi connectivity index (χ3v) is 16.6. The first kappa shape index (κ1) is 39.1. The number of aromatic nitrogens is 1. The van der Waals surface area contributed by atoms with Crippen molar-refractivity contribution in [2.24, 2.45) is 0 Å². The van der Waals surface area contributed by atoms with E-state index in [1.165, 1.54) is 83.3 Å². The summed E-state index contributed by atoms with van der Waals surface area (Å²) in [5.41, 5.74) is 21.5. The lowest BCUT2D eigenvalue weighted by molar-refractivity contribution is 0.638. The molecule has 68 heavy (non-hydrogen) atoms. The molecular formula is C64H44N2OS. The smallest absolute Gasteiger partial charge is 0.0849 e. The second kappa shape index (κ2) is 14.5. The van der Waals surface area contributed by atoms with Gasteiger partial charge in [-0.05, 0) is 140 Å². The van der Waals surface area contributed by atoms with Gasteiger partial charge in [0, 0.05) is 37.4 Å². The molecule has 0 amide bonds. The summed E-state index contributed by atoms with van der Waals surface area (Å²) < 4.78 is 16.9. The monoisotopic (exact) mass is 888 g/mol.